The maximum atomic E-state index is 12.4. The summed E-state index contributed by atoms with van der Waals surface area (Å²) >= 11 is 0. The van der Waals surface area contributed by atoms with Gasteiger partial charge in [-0.2, -0.15) is 0 Å². The van der Waals surface area contributed by atoms with Gasteiger partial charge in [-0.25, -0.2) is 4.98 Å². The van der Waals surface area contributed by atoms with Crippen LogP contribution in [0.15, 0.2) is 66.7 Å². The molecule has 0 aliphatic rings. The molecule has 4 rings (SSSR count). The molecule has 1 amide bonds. The highest BCUT2D eigenvalue weighted by Crippen LogP contribution is 2.22. The Morgan fingerprint density at radius 1 is 0.917 bits per heavy atom. The van der Waals surface area contributed by atoms with E-state index in [0.29, 0.717) is 24.5 Å². The van der Waals surface area contributed by atoms with Crippen molar-refractivity contribution in [3.63, 3.8) is 0 Å². The highest BCUT2D eigenvalue weighted by Gasteiger charge is 2.12. The van der Waals surface area contributed by atoms with Crippen LogP contribution in [0.5, 0.6) is 11.5 Å². The summed E-state index contributed by atoms with van der Waals surface area (Å²) in [5.41, 5.74) is 5.15. The van der Waals surface area contributed by atoms with Crippen LogP contribution in [-0.4, -0.2) is 35.7 Å². The molecular formula is C30H35N3O3. The van der Waals surface area contributed by atoms with E-state index in [1.165, 1.54) is 11.1 Å². The largest absolute Gasteiger partial charge is 0.496 e. The molecular weight excluding hydrogens is 450 g/mol. The van der Waals surface area contributed by atoms with Gasteiger partial charge in [-0.3, -0.25) is 4.79 Å². The summed E-state index contributed by atoms with van der Waals surface area (Å²) in [5, 5.41) is 3.00. The van der Waals surface area contributed by atoms with Gasteiger partial charge in [0.15, 0.2) is 0 Å². The maximum Gasteiger partial charge on any atom is 0.255 e. The van der Waals surface area contributed by atoms with Gasteiger partial charge in [0.25, 0.3) is 5.91 Å². The van der Waals surface area contributed by atoms with E-state index in [2.05, 4.69) is 48.0 Å². The summed E-state index contributed by atoms with van der Waals surface area (Å²) in [4.78, 5) is 17.3. The number of fused-ring (bicyclic) bond motifs is 1. The number of aromatic nitrogens is 2. The van der Waals surface area contributed by atoms with Gasteiger partial charge in [0.05, 0.1) is 30.3 Å². The molecule has 0 atom stereocenters. The number of para-hydroxylation sites is 3. The van der Waals surface area contributed by atoms with Crippen LogP contribution in [0, 0.1) is 13.8 Å². The molecule has 0 radical (unpaired) electrons. The van der Waals surface area contributed by atoms with Crippen LogP contribution < -0.4 is 14.8 Å². The lowest BCUT2D eigenvalue weighted by atomic mass is 10.1. The zero-order chi connectivity index (χ0) is 25.3. The van der Waals surface area contributed by atoms with E-state index in [1.54, 1.807) is 19.2 Å². The van der Waals surface area contributed by atoms with E-state index in [1.807, 2.05) is 30.3 Å². The number of carbonyl (C=O) groups excluding carboxylic acids is 1. The molecule has 0 saturated carbocycles. The molecule has 0 bridgehead atoms. The number of imidazole rings is 1. The van der Waals surface area contributed by atoms with Gasteiger partial charge in [-0.05, 0) is 68.1 Å². The lowest BCUT2D eigenvalue weighted by Gasteiger charge is -2.13. The topological polar surface area (TPSA) is 65.4 Å². The average Bonchev–Trinajstić information content (AvgIpc) is 3.25. The summed E-state index contributed by atoms with van der Waals surface area (Å²) in [7, 11) is 1.58. The number of nitrogens with zero attached hydrogens (tertiary/aromatic N) is 2. The lowest BCUT2D eigenvalue weighted by Crippen LogP contribution is -2.24. The second-order valence-corrected chi connectivity index (χ2v) is 8.98. The van der Waals surface area contributed by atoms with Crippen molar-refractivity contribution < 1.29 is 14.3 Å². The number of benzene rings is 3. The Morgan fingerprint density at radius 3 is 2.56 bits per heavy atom. The molecule has 1 heterocycles. The SMILES string of the molecule is COc1ccccc1C(=O)NCCCCCc1nc2ccccc2n1CCOc1cccc(C)c1C. The Labute approximate surface area is 213 Å². The van der Waals surface area contributed by atoms with Crippen LogP contribution >= 0.6 is 0 Å². The smallest absolute Gasteiger partial charge is 0.255 e. The van der Waals surface area contributed by atoms with Gasteiger partial charge in [0.1, 0.15) is 23.9 Å². The van der Waals surface area contributed by atoms with Crippen LogP contribution in [0.1, 0.15) is 46.6 Å². The van der Waals surface area contributed by atoms with E-state index in [-0.39, 0.29) is 5.91 Å². The van der Waals surface area contributed by atoms with Crippen LogP contribution in [0.25, 0.3) is 11.0 Å². The van der Waals surface area contributed by atoms with Crippen molar-refractivity contribution in [2.45, 2.75) is 46.1 Å². The minimum Gasteiger partial charge on any atom is -0.496 e. The molecule has 188 valence electrons. The third kappa shape index (κ3) is 6.06. The molecule has 0 saturated heterocycles. The number of nitrogens with one attached hydrogen (secondary N) is 1. The molecule has 0 unspecified atom stereocenters. The fourth-order valence-corrected chi connectivity index (χ4v) is 4.41. The van der Waals surface area contributed by atoms with Gasteiger partial charge in [0, 0.05) is 13.0 Å². The van der Waals surface area contributed by atoms with E-state index < -0.39 is 0 Å². The molecule has 0 fully saturated rings. The monoisotopic (exact) mass is 485 g/mol. The number of ether oxygens (including phenoxy) is 2. The van der Waals surface area contributed by atoms with Crippen molar-refractivity contribution in [1.82, 2.24) is 14.9 Å². The standard InChI is InChI=1S/C30H35N3O3/c1-22-12-11-17-27(23(22)2)36-21-20-33-26-15-8-7-14-25(26)32-29(33)18-5-4-10-19-31-30(34)24-13-6-9-16-28(24)35-3/h6-9,11-17H,4-5,10,18-21H2,1-3H3,(H,31,34). The van der Waals surface area contributed by atoms with Crippen LogP contribution in [0.2, 0.25) is 0 Å². The number of rotatable bonds is 12. The number of carbonyl (C=O) groups is 1. The van der Waals surface area contributed by atoms with Crippen LogP contribution in [0.3, 0.4) is 0 Å². The quantitative estimate of drug-likeness (QED) is 0.254. The summed E-state index contributed by atoms with van der Waals surface area (Å²) in [6.45, 7) is 6.18. The number of amides is 1. The minimum atomic E-state index is -0.0990. The molecule has 4 aromatic rings. The molecule has 3 aromatic carbocycles. The van der Waals surface area contributed by atoms with Crippen LogP contribution in [-0.2, 0) is 13.0 Å². The molecule has 0 aliphatic carbocycles. The number of aryl methyl sites for hydroxylation is 2. The fraction of sp³-hybridized carbons (Fsp3) is 0.333. The summed E-state index contributed by atoms with van der Waals surface area (Å²) in [5.74, 6) is 2.52. The highest BCUT2D eigenvalue weighted by molar-refractivity contribution is 5.96. The Balaban J connectivity index is 1.29. The Kier molecular flexibility index (Phi) is 8.61. The van der Waals surface area contributed by atoms with Crippen LogP contribution in [0.4, 0.5) is 0 Å². The number of hydrogen-bond acceptors (Lipinski definition) is 4. The summed E-state index contributed by atoms with van der Waals surface area (Å²) < 4.78 is 13.7. The molecule has 1 N–H and O–H groups in total. The third-order valence-electron chi connectivity index (χ3n) is 6.58. The molecule has 36 heavy (non-hydrogen) atoms. The second kappa shape index (κ2) is 12.2. The number of hydrogen-bond donors (Lipinski definition) is 1. The molecule has 6 nitrogen and oxygen atoms in total. The van der Waals surface area contributed by atoms with Crippen molar-refractivity contribution in [2.24, 2.45) is 0 Å². The Hall–Kier alpha value is -3.80. The van der Waals surface area contributed by atoms with Gasteiger partial charge < -0.3 is 19.4 Å². The van der Waals surface area contributed by atoms with Crippen molar-refractivity contribution in [1.29, 1.82) is 0 Å². The first-order valence-corrected chi connectivity index (χ1v) is 12.6. The minimum absolute atomic E-state index is 0.0990. The average molecular weight is 486 g/mol. The van der Waals surface area contributed by atoms with Crippen molar-refractivity contribution in [3.8, 4) is 11.5 Å². The first kappa shape index (κ1) is 25.3. The Bertz CT molecular complexity index is 1310. The van der Waals surface area contributed by atoms with Gasteiger partial charge in [0.2, 0.25) is 0 Å². The van der Waals surface area contributed by atoms with E-state index >= 15 is 0 Å². The van der Waals surface area contributed by atoms with Gasteiger partial charge in [-0.1, -0.05) is 42.8 Å². The molecule has 6 heteroatoms. The maximum absolute atomic E-state index is 12.4. The van der Waals surface area contributed by atoms with Crippen molar-refractivity contribution >= 4 is 16.9 Å². The van der Waals surface area contributed by atoms with Crippen molar-refractivity contribution in [3.05, 3.63) is 89.2 Å². The lowest BCUT2D eigenvalue weighted by molar-refractivity contribution is 0.0950. The predicted molar refractivity (Wildman–Crippen MR) is 144 cm³/mol. The summed E-state index contributed by atoms with van der Waals surface area (Å²) in [6.07, 6.45) is 3.82. The van der Waals surface area contributed by atoms with Crippen molar-refractivity contribution in [2.75, 3.05) is 20.3 Å². The first-order chi connectivity index (χ1) is 17.6. The third-order valence-corrected chi connectivity index (χ3v) is 6.58. The number of unbranched alkanes of at least 4 members (excludes halogenated alkanes) is 2. The molecule has 0 spiro atoms. The van der Waals surface area contributed by atoms with E-state index in [0.717, 1.165) is 54.8 Å². The molecule has 0 aliphatic heterocycles. The predicted octanol–water partition coefficient (Wildman–Crippen LogP) is 5.88. The highest BCUT2D eigenvalue weighted by atomic mass is 16.5. The zero-order valence-electron chi connectivity index (χ0n) is 21.4. The van der Waals surface area contributed by atoms with Gasteiger partial charge >= 0.3 is 0 Å². The zero-order valence-corrected chi connectivity index (χ0v) is 21.4. The Morgan fingerprint density at radius 2 is 1.69 bits per heavy atom. The summed E-state index contributed by atoms with van der Waals surface area (Å²) in [6, 6.07) is 21.7. The number of methoxy groups -OCH3 is 1. The normalized spacial score (nSPS) is 11.0. The van der Waals surface area contributed by atoms with Gasteiger partial charge in [-0.15, -0.1) is 0 Å². The molecule has 1 aromatic heterocycles. The van der Waals surface area contributed by atoms with E-state index in [4.69, 9.17) is 14.5 Å². The second-order valence-electron chi connectivity index (χ2n) is 8.98. The van der Waals surface area contributed by atoms with E-state index in [9.17, 15) is 4.79 Å². The first-order valence-electron chi connectivity index (χ1n) is 12.6. The fourth-order valence-electron chi connectivity index (χ4n) is 4.41.